The maximum Gasteiger partial charge on any atom is 0.128 e. The van der Waals surface area contributed by atoms with Crippen LogP contribution in [0.2, 0.25) is 5.02 Å². The zero-order valence-corrected chi connectivity index (χ0v) is 9.72. The van der Waals surface area contributed by atoms with Crippen LogP contribution in [0.1, 0.15) is 5.69 Å². The maximum absolute atomic E-state index is 5.78. The Hall–Kier alpha value is -1.61. The van der Waals surface area contributed by atoms with Gasteiger partial charge in [-0.15, -0.1) is 0 Å². The molecular formula is C12H12ClN3. The summed E-state index contributed by atoms with van der Waals surface area (Å²) in [5.41, 5.74) is 1.02. The quantitative estimate of drug-likeness (QED) is 0.816. The Morgan fingerprint density at radius 2 is 2.06 bits per heavy atom. The maximum atomic E-state index is 5.78. The zero-order chi connectivity index (χ0) is 11.4. The van der Waals surface area contributed by atoms with E-state index >= 15 is 0 Å². The molecule has 0 N–H and O–H groups in total. The SMILES string of the molecule is CN(Cc1ccccn1)c1ccc(Cl)cn1. The van der Waals surface area contributed by atoms with Crippen LogP contribution in [0.3, 0.4) is 0 Å². The molecular weight excluding hydrogens is 222 g/mol. The lowest BCUT2D eigenvalue weighted by Crippen LogP contribution is -2.18. The van der Waals surface area contributed by atoms with Gasteiger partial charge in [-0.3, -0.25) is 4.98 Å². The number of aromatic nitrogens is 2. The highest BCUT2D eigenvalue weighted by Crippen LogP contribution is 2.14. The molecule has 2 aromatic heterocycles. The lowest BCUT2D eigenvalue weighted by Gasteiger charge is -2.17. The van der Waals surface area contributed by atoms with E-state index in [9.17, 15) is 0 Å². The second-order valence-electron chi connectivity index (χ2n) is 3.51. The van der Waals surface area contributed by atoms with Crippen LogP contribution in [-0.2, 0) is 6.54 Å². The Balaban J connectivity index is 2.09. The van der Waals surface area contributed by atoms with Gasteiger partial charge in [-0.25, -0.2) is 4.98 Å². The number of anilines is 1. The van der Waals surface area contributed by atoms with Gasteiger partial charge in [0, 0.05) is 19.4 Å². The minimum atomic E-state index is 0.648. The summed E-state index contributed by atoms with van der Waals surface area (Å²) < 4.78 is 0. The fraction of sp³-hybridized carbons (Fsp3) is 0.167. The number of hydrogen-bond donors (Lipinski definition) is 0. The van der Waals surface area contributed by atoms with Crippen molar-refractivity contribution in [2.24, 2.45) is 0 Å². The first kappa shape index (κ1) is 10.9. The van der Waals surface area contributed by atoms with E-state index in [0.29, 0.717) is 5.02 Å². The molecule has 2 heterocycles. The van der Waals surface area contributed by atoms with Crippen molar-refractivity contribution in [3.8, 4) is 0 Å². The summed E-state index contributed by atoms with van der Waals surface area (Å²) in [5.74, 6) is 0.884. The van der Waals surface area contributed by atoms with Crippen molar-refractivity contribution in [1.29, 1.82) is 0 Å². The number of hydrogen-bond acceptors (Lipinski definition) is 3. The molecule has 0 saturated carbocycles. The van der Waals surface area contributed by atoms with Crippen molar-refractivity contribution >= 4 is 17.4 Å². The monoisotopic (exact) mass is 233 g/mol. The fourth-order valence-electron chi connectivity index (χ4n) is 1.41. The van der Waals surface area contributed by atoms with Crippen LogP contribution in [0.5, 0.6) is 0 Å². The Morgan fingerprint density at radius 3 is 2.69 bits per heavy atom. The normalized spacial score (nSPS) is 10.1. The van der Waals surface area contributed by atoms with Gasteiger partial charge < -0.3 is 4.90 Å². The molecule has 0 unspecified atom stereocenters. The summed E-state index contributed by atoms with van der Waals surface area (Å²) >= 11 is 5.78. The smallest absolute Gasteiger partial charge is 0.128 e. The standard InChI is InChI=1S/C12H12ClN3/c1-16(9-11-4-2-3-7-14-11)12-6-5-10(13)8-15-12/h2-8H,9H2,1H3. The summed E-state index contributed by atoms with van der Waals surface area (Å²) in [6.45, 7) is 0.732. The predicted octanol–water partition coefficient (Wildman–Crippen LogP) is 2.77. The molecule has 0 atom stereocenters. The van der Waals surface area contributed by atoms with Crippen molar-refractivity contribution in [1.82, 2.24) is 9.97 Å². The molecule has 16 heavy (non-hydrogen) atoms. The van der Waals surface area contributed by atoms with E-state index in [2.05, 4.69) is 9.97 Å². The van der Waals surface area contributed by atoms with Crippen LogP contribution in [-0.4, -0.2) is 17.0 Å². The van der Waals surface area contributed by atoms with Crippen LogP contribution in [0, 0.1) is 0 Å². The highest BCUT2D eigenvalue weighted by atomic mass is 35.5. The molecule has 0 radical (unpaired) electrons. The summed E-state index contributed by atoms with van der Waals surface area (Å²) in [6, 6.07) is 9.60. The average molecular weight is 234 g/mol. The Labute approximate surface area is 99.7 Å². The van der Waals surface area contributed by atoms with Gasteiger partial charge in [0.05, 0.1) is 17.3 Å². The van der Waals surface area contributed by atoms with E-state index < -0.39 is 0 Å². The van der Waals surface area contributed by atoms with Crippen LogP contribution < -0.4 is 4.90 Å². The number of pyridine rings is 2. The van der Waals surface area contributed by atoms with Crippen LogP contribution >= 0.6 is 11.6 Å². The van der Waals surface area contributed by atoms with Gasteiger partial charge in [-0.1, -0.05) is 17.7 Å². The van der Waals surface area contributed by atoms with Gasteiger partial charge in [0.1, 0.15) is 5.82 Å². The van der Waals surface area contributed by atoms with E-state index in [1.807, 2.05) is 42.3 Å². The first-order valence-corrected chi connectivity index (χ1v) is 5.36. The van der Waals surface area contributed by atoms with E-state index in [4.69, 9.17) is 11.6 Å². The molecule has 3 nitrogen and oxygen atoms in total. The van der Waals surface area contributed by atoms with E-state index in [1.165, 1.54) is 0 Å². The molecule has 0 bridgehead atoms. The van der Waals surface area contributed by atoms with Gasteiger partial charge >= 0.3 is 0 Å². The minimum absolute atomic E-state index is 0.648. The molecule has 0 aromatic carbocycles. The second kappa shape index (κ2) is 4.94. The van der Waals surface area contributed by atoms with E-state index in [0.717, 1.165) is 18.1 Å². The molecule has 2 aromatic rings. The summed E-state index contributed by atoms with van der Waals surface area (Å²) in [5, 5.41) is 0.648. The lowest BCUT2D eigenvalue weighted by atomic mass is 10.3. The first-order valence-electron chi connectivity index (χ1n) is 4.98. The molecule has 0 aliphatic carbocycles. The van der Waals surface area contributed by atoms with Crippen molar-refractivity contribution in [2.45, 2.75) is 6.54 Å². The average Bonchev–Trinajstić information content (AvgIpc) is 2.31. The van der Waals surface area contributed by atoms with Gasteiger partial charge in [-0.05, 0) is 24.3 Å². The molecule has 0 amide bonds. The number of halogens is 1. The third-order valence-electron chi connectivity index (χ3n) is 2.23. The molecule has 82 valence electrons. The predicted molar refractivity (Wildman–Crippen MR) is 65.6 cm³/mol. The van der Waals surface area contributed by atoms with Crippen LogP contribution in [0.15, 0.2) is 42.7 Å². The van der Waals surface area contributed by atoms with E-state index in [-0.39, 0.29) is 0 Å². The zero-order valence-electron chi connectivity index (χ0n) is 8.97. The largest absolute Gasteiger partial charge is 0.354 e. The highest BCUT2D eigenvalue weighted by molar-refractivity contribution is 6.30. The fourth-order valence-corrected chi connectivity index (χ4v) is 1.52. The Kier molecular flexibility index (Phi) is 3.37. The first-order chi connectivity index (χ1) is 7.75. The minimum Gasteiger partial charge on any atom is -0.354 e. The summed E-state index contributed by atoms with van der Waals surface area (Å²) in [4.78, 5) is 10.5. The van der Waals surface area contributed by atoms with Crippen LogP contribution in [0.25, 0.3) is 0 Å². The van der Waals surface area contributed by atoms with Gasteiger partial charge in [0.2, 0.25) is 0 Å². The summed E-state index contributed by atoms with van der Waals surface area (Å²) in [7, 11) is 1.98. The van der Waals surface area contributed by atoms with Crippen molar-refractivity contribution < 1.29 is 0 Å². The molecule has 0 aliphatic rings. The Bertz CT molecular complexity index is 442. The third kappa shape index (κ3) is 2.70. The lowest BCUT2D eigenvalue weighted by molar-refractivity contribution is 0.866. The summed E-state index contributed by atoms with van der Waals surface area (Å²) in [6.07, 6.45) is 3.43. The number of nitrogens with zero attached hydrogens (tertiary/aromatic N) is 3. The van der Waals surface area contributed by atoms with Crippen LogP contribution in [0.4, 0.5) is 5.82 Å². The van der Waals surface area contributed by atoms with Crippen molar-refractivity contribution in [3.05, 3.63) is 53.4 Å². The highest BCUT2D eigenvalue weighted by Gasteiger charge is 2.03. The van der Waals surface area contributed by atoms with Gasteiger partial charge in [0.25, 0.3) is 0 Å². The third-order valence-corrected chi connectivity index (χ3v) is 2.45. The molecule has 0 fully saturated rings. The van der Waals surface area contributed by atoms with E-state index in [1.54, 1.807) is 12.4 Å². The number of rotatable bonds is 3. The second-order valence-corrected chi connectivity index (χ2v) is 3.95. The molecule has 4 heteroatoms. The molecule has 0 saturated heterocycles. The van der Waals surface area contributed by atoms with Gasteiger partial charge in [-0.2, -0.15) is 0 Å². The molecule has 0 spiro atoms. The van der Waals surface area contributed by atoms with Gasteiger partial charge in [0.15, 0.2) is 0 Å². The molecule has 0 aliphatic heterocycles. The van der Waals surface area contributed by atoms with Crippen molar-refractivity contribution in [3.63, 3.8) is 0 Å². The Morgan fingerprint density at radius 1 is 1.19 bits per heavy atom. The topological polar surface area (TPSA) is 29.0 Å². The van der Waals surface area contributed by atoms with Crippen molar-refractivity contribution in [2.75, 3.05) is 11.9 Å². The molecule has 2 rings (SSSR count).